The van der Waals surface area contributed by atoms with Gasteiger partial charge in [-0.2, -0.15) is 0 Å². The summed E-state index contributed by atoms with van der Waals surface area (Å²) in [5.74, 6) is 2.59. The van der Waals surface area contributed by atoms with E-state index in [0.717, 1.165) is 37.6 Å². The number of nitrogens with zero attached hydrogens (tertiary/aromatic N) is 5. The summed E-state index contributed by atoms with van der Waals surface area (Å²) in [6.07, 6.45) is 7.81. The van der Waals surface area contributed by atoms with Gasteiger partial charge in [0.05, 0.1) is 17.2 Å². The lowest BCUT2D eigenvalue weighted by atomic mass is 9.96. The van der Waals surface area contributed by atoms with Crippen LogP contribution in [0.4, 0.5) is 10.2 Å². The highest BCUT2D eigenvalue weighted by Gasteiger charge is 2.28. The molecule has 0 spiro atoms. The smallest absolute Gasteiger partial charge is 0.261 e. The van der Waals surface area contributed by atoms with E-state index < -0.39 is 0 Å². The van der Waals surface area contributed by atoms with Crippen molar-refractivity contribution in [2.75, 3.05) is 18.0 Å². The van der Waals surface area contributed by atoms with E-state index in [0.29, 0.717) is 29.3 Å². The molecule has 3 aromatic rings. The third-order valence-corrected chi connectivity index (χ3v) is 5.78. The predicted molar refractivity (Wildman–Crippen MR) is 105 cm³/mol. The zero-order chi connectivity index (χ0) is 19.1. The Morgan fingerprint density at radius 3 is 2.68 bits per heavy atom. The second-order valence-electron chi connectivity index (χ2n) is 7.84. The first kappa shape index (κ1) is 17.3. The van der Waals surface area contributed by atoms with Crippen LogP contribution in [-0.2, 0) is 6.54 Å². The summed E-state index contributed by atoms with van der Waals surface area (Å²) in [5, 5.41) is 0.468. The van der Waals surface area contributed by atoms with Gasteiger partial charge in [-0.1, -0.05) is 0 Å². The van der Waals surface area contributed by atoms with Gasteiger partial charge in [0, 0.05) is 37.8 Å². The van der Waals surface area contributed by atoms with Gasteiger partial charge in [0.1, 0.15) is 17.5 Å². The third kappa shape index (κ3) is 3.37. The molecule has 6 nitrogen and oxygen atoms in total. The number of rotatable bonds is 4. The van der Waals surface area contributed by atoms with Crippen LogP contribution < -0.4 is 10.5 Å². The second-order valence-corrected chi connectivity index (χ2v) is 7.84. The molecule has 5 rings (SSSR count). The summed E-state index contributed by atoms with van der Waals surface area (Å²) < 4.78 is 15.0. The van der Waals surface area contributed by atoms with Crippen molar-refractivity contribution in [1.82, 2.24) is 19.5 Å². The quantitative estimate of drug-likeness (QED) is 0.697. The van der Waals surface area contributed by atoms with Crippen molar-refractivity contribution in [2.45, 2.75) is 38.1 Å². The van der Waals surface area contributed by atoms with E-state index in [1.54, 1.807) is 10.9 Å². The van der Waals surface area contributed by atoms with Crippen LogP contribution in [0.2, 0.25) is 0 Å². The first-order chi connectivity index (χ1) is 13.7. The Morgan fingerprint density at radius 1 is 1.07 bits per heavy atom. The summed E-state index contributed by atoms with van der Waals surface area (Å²) >= 11 is 0. The number of benzene rings is 1. The molecular weight excluding hydrogens is 357 g/mol. The number of anilines is 1. The zero-order valence-corrected chi connectivity index (χ0v) is 15.6. The van der Waals surface area contributed by atoms with Gasteiger partial charge in [-0.3, -0.25) is 9.36 Å². The standard InChI is InChI=1S/C21H22FN5O/c22-16-3-4-17-18(11-16)24-13-27(21(17)28)12-14-6-9-26(10-7-14)19-5-8-23-20(25-19)15-1-2-15/h3-5,8,11,13-15H,1-2,6-7,9-10,12H2. The van der Waals surface area contributed by atoms with Crippen LogP contribution >= 0.6 is 0 Å². The minimum Gasteiger partial charge on any atom is -0.356 e. The predicted octanol–water partition coefficient (Wildman–Crippen LogP) is 3.12. The summed E-state index contributed by atoms with van der Waals surface area (Å²) in [4.78, 5) is 28.4. The maximum atomic E-state index is 13.3. The van der Waals surface area contributed by atoms with Gasteiger partial charge in [-0.15, -0.1) is 0 Å². The normalized spacial score (nSPS) is 18.0. The van der Waals surface area contributed by atoms with Crippen LogP contribution in [0.1, 0.15) is 37.4 Å². The maximum Gasteiger partial charge on any atom is 0.261 e. The Kier molecular flexibility index (Phi) is 4.30. The molecule has 2 aliphatic rings. The molecule has 28 heavy (non-hydrogen) atoms. The van der Waals surface area contributed by atoms with Gasteiger partial charge in [-0.05, 0) is 49.8 Å². The third-order valence-electron chi connectivity index (χ3n) is 5.78. The fourth-order valence-corrected chi connectivity index (χ4v) is 3.96. The van der Waals surface area contributed by atoms with Crippen molar-refractivity contribution in [3.05, 3.63) is 58.8 Å². The summed E-state index contributed by atoms with van der Waals surface area (Å²) in [6, 6.07) is 6.12. The van der Waals surface area contributed by atoms with Crippen molar-refractivity contribution in [2.24, 2.45) is 5.92 Å². The molecule has 0 bridgehead atoms. The molecular formula is C21H22FN5O. The van der Waals surface area contributed by atoms with Crippen molar-refractivity contribution in [1.29, 1.82) is 0 Å². The molecule has 1 aromatic carbocycles. The van der Waals surface area contributed by atoms with E-state index in [9.17, 15) is 9.18 Å². The lowest BCUT2D eigenvalue weighted by molar-refractivity contribution is 0.351. The number of aromatic nitrogens is 4. The van der Waals surface area contributed by atoms with Gasteiger partial charge in [0.2, 0.25) is 0 Å². The number of halogens is 1. The van der Waals surface area contributed by atoms with Gasteiger partial charge in [0.25, 0.3) is 5.56 Å². The minimum atomic E-state index is -0.376. The fourth-order valence-electron chi connectivity index (χ4n) is 3.96. The molecule has 3 heterocycles. The minimum absolute atomic E-state index is 0.0997. The average molecular weight is 379 g/mol. The highest BCUT2D eigenvalue weighted by molar-refractivity contribution is 5.77. The van der Waals surface area contributed by atoms with Crippen molar-refractivity contribution in [3.8, 4) is 0 Å². The van der Waals surface area contributed by atoms with E-state index >= 15 is 0 Å². The van der Waals surface area contributed by atoms with E-state index in [1.807, 2.05) is 12.3 Å². The first-order valence-corrected chi connectivity index (χ1v) is 9.90. The van der Waals surface area contributed by atoms with E-state index in [2.05, 4.69) is 14.9 Å². The molecule has 1 aliphatic heterocycles. The van der Waals surface area contributed by atoms with Gasteiger partial charge >= 0.3 is 0 Å². The summed E-state index contributed by atoms with van der Waals surface area (Å²) in [6.45, 7) is 2.49. The SMILES string of the molecule is O=c1c2ccc(F)cc2ncn1CC1CCN(c2ccnc(C3CC3)n2)CC1. The lowest BCUT2D eigenvalue weighted by Gasteiger charge is -2.33. The number of hydrogen-bond donors (Lipinski definition) is 0. The molecule has 2 aromatic heterocycles. The van der Waals surface area contributed by atoms with Crippen molar-refractivity contribution in [3.63, 3.8) is 0 Å². The second kappa shape index (κ2) is 6.96. The molecule has 0 N–H and O–H groups in total. The molecule has 0 radical (unpaired) electrons. The van der Waals surface area contributed by atoms with E-state index in [-0.39, 0.29) is 11.4 Å². The highest BCUT2D eigenvalue weighted by Crippen LogP contribution is 2.38. The largest absolute Gasteiger partial charge is 0.356 e. The Balaban J connectivity index is 1.27. The highest BCUT2D eigenvalue weighted by atomic mass is 19.1. The van der Waals surface area contributed by atoms with Gasteiger partial charge < -0.3 is 4.90 Å². The molecule has 0 atom stereocenters. The number of hydrogen-bond acceptors (Lipinski definition) is 5. The molecule has 0 amide bonds. The Hall–Kier alpha value is -2.83. The summed E-state index contributed by atoms with van der Waals surface area (Å²) in [5.41, 5.74) is 0.309. The fraction of sp³-hybridized carbons (Fsp3) is 0.429. The molecule has 0 unspecified atom stereocenters. The first-order valence-electron chi connectivity index (χ1n) is 9.90. The number of piperidine rings is 1. The van der Waals surface area contributed by atoms with Gasteiger partial charge in [0.15, 0.2) is 0 Å². The Labute approximate surface area is 162 Å². The Bertz CT molecular complexity index is 1070. The van der Waals surface area contributed by atoms with E-state index in [1.165, 1.54) is 31.0 Å². The lowest BCUT2D eigenvalue weighted by Crippen LogP contribution is -2.37. The molecule has 2 fully saturated rings. The molecule has 7 heteroatoms. The molecule has 144 valence electrons. The maximum absolute atomic E-state index is 13.3. The van der Waals surface area contributed by atoms with Gasteiger partial charge in [-0.25, -0.2) is 19.3 Å². The van der Waals surface area contributed by atoms with Crippen LogP contribution in [0, 0.1) is 11.7 Å². The van der Waals surface area contributed by atoms with Crippen molar-refractivity contribution < 1.29 is 4.39 Å². The number of fused-ring (bicyclic) bond motifs is 1. The van der Waals surface area contributed by atoms with Crippen LogP contribution in [0.5, 0.6) is 0 Å². The van der Waals surface area contributed by atoms with E-state index in [4.69, 9.17) is 4.98 Å². The van der Waals surface area contributed by atoms with Crippen LogP contribution in [0.15, 0.2) is 41.6 Å². The van der Waals surface area contributed by atoms with Crippen LogP contribution in [0.3, 0.4) is 0 Å². The van der Waals surface area contributed by atoms with Crippen molar-refractivity contribution >= 4 is 16.7 Å². The average Bonchev–Trinajstić information content (AvgIpc) is 3.56. The summed E-state index contributed by atoms with van der Waals surface area (Å²) in [7, 11) is 0. The van der Waals surface area contributed by atoms with Crippen LogP contribution in [0.25, 0.3) is 10.9 Å². The molecule has 1 aliphatic carbocycles. The Morgan fingerprint density at radius 2 is 1.89 bits per heavy atom. The molecule has 1 saturated heterocycles. The zero-order valence-electron chi connectivity index (χ0n) is 15.6. The topological polar surface area (TPSA) is 63.9 Å². The molecule has 1 saturated carbocycles. The van der Waals surface area contributed by atoms with Crippen LogP contribution in [-0.4, -0.2) is 32.6 Å². The monoisotopic (exact) mass is 379 g/mol.